The lowest BCUT2D eigenvalue weighted by atomic mass is 10.1. The molecule has 6 nitrogen and oxygen atoms in total. The zero-order valence-corrected chi connectivity index (χ0v) is 14.0. The van der Waals surface area contributed by atoms with Gasteiger partial charge in [-0.25, -0.2) is 0 Å². The Balaban J connectivity index is 1.94. The molecule has 0 fully saturated rings. The third-order valence-corrected chi connectivity index (χ3v) is 4.95. The Morgan fingerprint density at radius 3 is 2.45 bits per heavy atom. The van der Waals surface area contributed by atoms with E-state index in [1.165, 1.54) is 30.0 Å². The summed E-state index contributed by atoms with van der Waals surface area (Å²) in [6.07, 6.45) is 0. The van der Waals surface area contributed by atoms with Crippen LogP contribution in [0.25, 0.3) is 0 Å². The first-order valence-corrected chi connectivity index (χ1v) is 8.29. The molecule has 2 N–H and O–H groups in total. The Morgan fingerprint density at radius 1 is 1.23 bits per heavy atom. The summed E-state index contributed by atoms with van der Waals surface area (Å²) in [7, 11) is 1.77. The number of carbonyl (C=O) groups excluding carboxylic acids is 2. The Bertz CT molecular complexity index is 670. The van der Waals surface area contributed by atoms with Crippen LogP contribution < -0.4 is 10.6 Å². The molecule has 0 aliphatic rings. The van der Waals surface area contributed by atoms with Crippen LogP contribution in [-0.4, -0.2) is 34.2 Å². The molecule has 8 heteroatoms. The van der Waals surface area contributed by atoms with Crippen molar-refractivity contribution in [3.63, 3.8) is 0 Å². The van der Waals surface area contributed by atoms with Gasteiger partial charge in [-0.15, -0.1) is 10.2 Å². The molecule has 0 saturated carbocycles. The topological polar surface area (TPSA) is 84.0 Å². The van der Waals surface area contributed by atoms with Crippen molar-refractivity contribution in [1.29, 1.82) is 0 Å². The minimum Gasteiger partial charge on any atom is -0.363 e. The summed E-state index contributed by atoms with van der Waals surface area (Å²) in [6, 6.07) is 6.82. The van der Waals surface area contributed by atoms with Crippen LogP contribution in [-0.2, 0) is 4.79 Å². The predicted octanol–water partition coefficient (Wildman–Crippen LogP) is 2.90. The number of hydrogen-bond acceptors (Lipinski definition) is 7. The molecule has 1 atom stereocenters. The first kappa shape index (κ1) is 16.4. The Hall–Kier alpha value is -1.93. The maximum absolute atomic E-state index is 12.2. The fourth-order valence-corrected chi connectivity index (χ4v) is 3.44. The van der Waals surface area contributed by atoms with Gasteiger partial charge in [0.15, 0.2) is 10.1 Å². The van der Waals surface area contributed by atoms with Crippen molar-refractivity contribution in [2.24, 2.45) is 0 Å². The molecule has 0 saturated heterocycles. The molecule has 0 aliphatic carbocycles. The molecule has 2 aromatic rings. The van der Waals surface area contributed by atoms with Crippen molar-refractivity contribution in [2.45, 2.75) is 23.4 Å². The van der Waals surface area contributed by atoms with Gasteiger partial charge in [0.1, 0.15) is 0 Å². The molecule has 1 aromatic carbocycles. The number of Topliss-reactive ketones (excluding diaryl/α,β-unsaturated/α-hetero) is 1. The van der Waals surface area contributed by atoms with E-state index in [9.17, 15) is 9.59 Å². The normalized spacial score (nSPS) is 11.8. The van der Waals surface area contributed by atoms with Gasteiger partial charge in [0, 0.05) is 18.3 Å². The molecule has 2 rings (SSSR count). The number of amides is 1. The minimum absolute atomic E-state index is 0.00147. The zero-order chi connectivity index (χ0) is 16.1. The summed E-state index contributed by atoms with van der Waals surface area (Å²) in [6.45, 7) is 3.32. The van der Waals surface area contributed by atoms with Gasteiger partial charge in [-0.3, -0.25) is 9.59 Å². The lowest BCUT2D eigenvalue weighted by molar-refractivity contribution is -0.115. The van der Waals surface area contributed by atoms with E-state index in [1.807, 2.05) is 6.92 Å². The number of nitrogens with zero attached hydrogens (tertiary/aromatic N) is 2. The van der Waals surface area contributed by atoms with Gasteiger partial charge in [0.2, 0.25) is 11.0 Å². The third-order valence-electron chi connectivity index (χ3n) is 2.83. The first-order chi connectivity index (χ1) is 10.5. The van der Waals surface area contributed by atoms with E-state index in [4.69, 9.17) is 0 Å². The molecule has 22 heavy (non-hydrogen) atoms. The van der Waals surface area contributed by atoms with Crippen LogP contribution >= 0.6 is 23.1 Å². The monoisotopic (exact) mass is 336 g/mol. The highest BCUT2D eigenvalue weighted by atomic mass is 32.2. The summed E-state index contributed by atoms with van der Waals surface area (Å²) in [5, 5.41) is 14.1. The van der Waals surface area contributed by atoms with E-state index in [0.29, 0.717) is 11.3 Å². The highest BCUT2D eigenvalue weighted by molar-refractivity contribution is 8.02. The van der Waals surface area contributed by atoms with Gasteiger partial charge in [-0.2, -0.15) is 0 Å². The van der Waals surface area contributed by atoms with Crippen LogP contribution in [0, 0.1) is 0 Å². The summed E-state index contributed by atoms with van der Waals surface area (Å²) in [4.78, 5) is 23.4. The average molecular weight is 336 g/mol. The van der Waals surface area contributed by atoms with Crippen LogP contribution in [0.5, 0.6) is 0 Å². The molecule has 116 valence electrons. The Kier molecular flexibility index (Phi) is 5.51. The maximum Gasteiger partial charge on any atom is 0.237 e. The van der Waals surface area contributed by atoms with Gasteiger partial charge >= 0.3 is 0 Å². The summed E-state index contributed by atoms with van der Waals surface area (Å²) < 4.78 is 0.735. The molecule has 1 heterocycles. The molecule has 0 radical (unpaired) electrons. The second-order valence-corrected chi connectivity index (χ2v) is 7.07. The molecule has 1 amide bonds. The third kappa shape index (κ3) is 4.28. The molecule has 1 aromatic heterocycles. The molecular formula is C14H16N4O2S2. The van der Waals surface area contributed by atoms with Crippen molar-refractivity contribution >= 4 is 45.6 Å². The van der Waals surface area contributed by atoms with Gasteiger partial charge in [-0.1, -0.05) is 23.1 Å². The fraction of sp³-hybridized carbons (Fsp3) is 0.286. The number of rotatable bonds is 6. The first-order valence-electron chi connectivity index (χ1n) is 6.59. The molecule has 0 unspecified atom stereocenters. The van der Waals surface area contributed by atoms with Crippen LogP contribution in [0.2, 0.25) is 0 Å². The highest BCUT2D eigenvalue weighted by Gasteiger charge is 2.17. The van der Waals surface area contributed by atoms with Crippen LogP contribution in [0.4, 0.5) is 10.8 Å². The van der Waals surface area contributed by atoms with E-state index < -0.39 is 0 Å². The van der Waals surface area contributed by atoms with E-state index >= 15 is 0 Å². The van der Waals surface area contributed by atoms with Crippen molar-refractivity contribution in [2.75, 3.05) is 17.7 Å². The second kappa shape index (κ2) is 7.37. The molecular weight excluding hydrogens is 320 g/mol. The van der Waals surface area contributed by atoms with Crippen molar-refractivity contribution < 1.29 is 9.59 Å². The number of aromatic nitrogens is 2. The predicted molar refractivity (Wildman–Crippen MR) is 89.9 cm³/mol. The molecule has 0 spiro atoms. The number of thioether (sulfide) groups is 1. The molecule has 0 aliphatic heterocycles. The number of benzene rings is 1. The van der Waals surface area contributed by atoms with Crippen LogP contribution in [0.3, 0.4) is 0 Å². The summed E-state index contributed by atoms with van der Waals surface area (Å²) in [5.41, 5.74) is 1.28. The van der Waals surface area contributed by atoms with E-state index in [0.717, 1.165) is 9.47 Å². The van der Waals surface area contributed by atoms with E-state index in [2.05, 4.69) is 20.8 Å². The average Bonchev–Trinajstić information content (AvgIpc) is 2.95. The summed E-state index contributed by atoms with van der Waals surface area (Å²) >= 11 is 2.76. The SMILES string of the molecule is CNc1nnc(S[C@H](C)C(=O)Nc2ccc(C(C)=O)cc2)s1. The van der Waals surface area contributed by atoms with Crippen molar-refractivity contribution in [1.82, 2.24) is 10.2 Å². The number of nitrogens with one attached hydrogen (secondary N) is 2. The number of carbonyl (C=O) groups is 2. The van der Waals surface area contributed by atoms with Gasteiger partial charge < -0.3 is 10.6 Å². The number of ketones is 1. The Labute approximate surface area is 136 Å². The van der Waals surface area contributed by atoms with Gasteiger partial charge in [0.05, 0.1) is 5.25 Å². The quantitative estimate of drug-likeness (QED) is 0.623. The fourth-order valence-electron chi connectivity index (χ4n) is 1.60. The molecule has 0 bridgehead atoms. The lowest BCUT2D eigenvalue weighted by Crippen LogP contribution is -2.22. The van der Waals surface area contributed by atoms with E-state index in [-0.39, 0.29) is 16.9 Å². The number of hydrogen-bond donors (Lipinski definition) is 2. The van der Waals surface area contributed by atoms with Crippen LogP contribution in [0.1, 0.15) is 24.2 Å². The van der Waals surface area contributed by atoms with Crippen molar-refractivity contribution in [3.8, 4) is 0 Å². The highest BCUT2D eigenvalue weighted by Crippen LogP contribution is 2.29. The van der Waals surface area contributed by atoms with Crippen LogP contribution in [0.15, 0.2) is 28.6 Å². The van der Waals surface area contributed by atoms with Gasteiger partial charge in [0.25, 0.3) is 0 Å². The largest absolute Gasteiger partial charge is 0.363 e. The Morgan fingerprint density at radius 2 is 1.91 bits per heavy atom. The van der Waals surface area contributed by atoms with Gasteiger partial charge in [-0.05, 0) is 38.1 Å². The smallest absolute Gasteiger partial charge is 0.237 e. The van der Waals surface area contributed by atoms with E-state index in [1.54, 1.807) is 31.3 Å². The minimum atomic E-state index is -0.301. The second-order valence-electron chi connectivity index (χ2n) is 4.51. The number of anilines is 2. The standard InChI is InChI=1S/C14H16N4O2S2/c1-8(19)10-4-6-11(7-5-10)16-12(20)9(2)21-14-18-17-13(15-3)22-14/h4-7,9H,1-3H3,(H,15,17)(H,16,20)/t9-/m1/s1. The lowest BCUT2D eigenvalue weighted by Gasteiger charge is -2.10. The zero-order valence-electron chi connectivity index (χ0n) is 12.4. The maximum atomic E-state index is 12.2. The summed E-state index contributed by atoms with van der Waals surface area (Å²) in [5.74, 6) is -0.125. The van der Waals surface area contributed by atoms with Crippen molar-refractivity contribution in [3.05, 3.63) is 29.8 Å².